The lowest BCUT2D eigenvalue weighted by Crippen LogP contribution is -1.98. The molecule has 0 fully saturated rings. The molecule has 5 heteroatoms. The lowest BCUT2D eigenvalue weighted by atomic mass is 10.4. The zero-order valence-corrected chi connectivity index (χ0v) is 10.5. The van der Waals surface area contributed by atoms with Crippen molar-refractivity contribution in [3.63, 3.8) is 0 Å². The van der Waals surface area contributed by atoms with Crippen LogP contribution in [0.2, 0.25) is 0 Å². The summed E-state index contributed by atoms with van der Waals surface area (Å²) >= 11 is 0. The fraction of sp³-hybridized carbons (Fsp3) is 0.364. The van der Waals surface area contributed by atoms with E-state index in [1.165, 1.54) is 0 Å². The summed E-state index contributed by atoms with van der Waals surface area (Å²) in [6.07, 6.45) is 1.08. The van der Waals surface area contributed by atoms with Gasteiger partial charge in [-0.1, -0.05) is 24.3 Å². The molecule has 0 aromatic carbocycles. The Bertz CT molecular complexity index is 357. The molecule has 0 aliphatic heterocycles. The monoisotopic (exact) mass is 241 g/mol. The van der Waals surface area contributed by atoms with Crippen molar-refractivity contribution >= 4 is 7.60 Å². The quantitative estimate of drug-likeness (QED) is 0.389. The van der Waals surface area contributed by atoms with E-state index in [2.05, 4.69) is 13.2 Å². The van der Waals surface area contributed by atoms with Crippen LogP contribution in [0.1, 0.15) is 13.8 Å². The molecule has 88 valence electrons. The van der Waals surface area contributed by atoms with Gasteiger partial charge in [0.15, 0.2) is 0 Å². The van der Waals surface area contributed by atoms with Gasteiger partial charge in [0.25, 0.3) is 0 Å². The summed E-state index contributed by atoms with van der Waals surface area (Å²) in [5.41, 5.74) is 1.45. The molecule has 0 aromatic heterocycles. The predicted molar refractivity (Wildman–Crippen MR) is 63.9 cm³/mol. The van der Waals surface area contributed by atoms with Crippen LogP contribution in [0.5, 0.6) is 0 Å². The van der Waals surface area contributed by atoms with Gasteiger partial charge in [-0.25, -0.2) is 0 Å². The molecule has 0 atom stereocenters. The van der Waals surface area contributed by atoms with Crippen molar-refractivity contribution in [1.82, 2.24) is 0 Å². The second-order valence-electron chi connectivity index (χ2n) is 3.45. The normalized spacial score (nSPS) is 11.3. The minimum Gasteiger partial charge on any atom is -0.301 e. The smallest absolute Gasteiger partial charge is 0.301 e. The summed E-state index contributed by atoms with van der Waals surface area (Å²) < 4.78 is 22.2. The average Bonchev–Trinajstić information content (AvgIpc) is 2.21. The summed E-state index contributed by atoms with van der Waals surface area (Å²) in [4.78, 5) is 0. The largest absolute Gasteiger partial charge is 0.355 e. The van der Waals surface area contributed by atoms with E-state index in [0.717, 1.165) is 23.0 Å². The zero-order chi connectivity index (χ0) is 12.6. The summed E-state index contributed by atoms with van der Waals surface area (Å²) in [6, 6.07) is 1.74. The van der Waals surface area contributed by atoms with Crippen LogP contribution in [-0.4, -0.2) is 13.2 Å². The molecule has 0 unspecified atom stereocenters. The molecule has 0 aliphatic rings. The molecule has 0 aromatic rings. The standard InChI is InChI=1S/C11H16NO3P/c1-10(2)8-14-16(13,7-5-6-12)15-9-11(3)4/h5,7H,1,3,8-9H2,2,4H3. The second kappa shape index (κ2) is 7.19. The fourth-order valence-electron chi connectivity index (χ4n) is 0.648. The highest BCUT2D eigenvalue weighted by Gasteiger charge is 2.20. The van der Waals surface area contributed by atoms with Gasteiger partial charge >= 0.3 is 7.60 Å². The van der Waals surface area contributed by atoms with Crippen molar-refractivity contribution < 1.29 is 13.6 Å². The number of hydrogen-bond donors (Lipinski definition) is 0. The van der Waals surface area contributed by atoms with E-state index in [-0.39, 0.29) is 13.2 Å². The molecule has 0 saturated heterocycles. The van der Waals surface area contributed by atoms with Crippen LogP contribution in [0.15, 0.2) is 36.2 Å². The van der Waals surface area contributed by atoms with Crippen molar-refractivity contribution in [2.24, 2.45) is 0 Å². The lowest BCUT2D eigenvalue weighted by Gasteiger charge is -2.14. The van der Waals surface area contributed by atoms with Gasteiger partial charge in [0.1, 0.15) is 0 Å². The highest BCUT2D eigenvalue weighted by atomic mass is 31.2. The molecule has 16 heavy (non-hydrogen) atoms. The number of allylic oxidation sites excluding steroid dienone is 1. The molecule has 0 aliphatic carbocycles. The van der Waals surface area contributed by atoms with Crippen molar-refractivity contribution in [2.75, 3.05) is 13.2 Å². The summed E-state index contributed by atoms with van der Waals surface area (Å²) in [6.45, 7) is 11.0. The van der Waals surface area contributed by atoms with E-state index in [4.69, 9.17) is 14.3 Å². The second-order valence-corrected chi connectivity index (χ2v) is 5.34. The van der Waals surface area contributed by atoms with Gasteiger partial charge in [0.05, 0.1) is 19.3 Å². The van der Waals surface area contributed by atoms with Crippen LogP contribution in [0.3, 0.4) is 0 Å². The summed E-state index contributed by atoms with van der Waals surface area (Å²) in [7, 11) is -3.37. The minimum atomic E-state index is -3.37. The van der Waals surface area contributed by atoms with Crippen molar-refractivity contribution in [2.45, 2.75) is 13.8 Å². The Labute approximate surface area is 96.4 Å². The number of nitriles is 1. The van der Waals surface area contributed by atoms with Crippen LogP contribution in [0.25, 0.3) is 0 Å². The Morgan fingerprint density at radius 3 is 2.06 bits per heavy atom. The first-order valence-corrected chi connectivity index (χ1v) is 6.25. The van der Waals surface area contributed by atoms with Crippen LogP contribution >= 0.6 is 7.60 Å². The predicted octanol–water partition coefficient (Wildman–Crippen LogP) is 3.40. The van der Waals surface area contributed by atoms with Crippen molar-refractivity contribution in [3.8, 4) is 6.07 Å². The molecule has 0 heterocycles. The zero-order valence-electron chi connectivity index (χ0n) is 9.60. The first-order valence-electron chi connectivity index (χ1n) is 4.64. The van der Waals surface area contributed by atoms with Gasteiger partial charge in [0, 0.05) is 11.9 Å². The highest BCUT2D eigenvalue weighted by molar-refractivity contribution is 7.57. The van der Waals surface area contributed by atoms with E-state index in [9.17, 15) is 4.57 Å². The third-order valence-corrected chi connectivity index (χ3v) is 2.81. The molecule has 0 rings (SSSR count). The molecular formula is C11H16NO3P. The maximum atomic E-state index is 12.0. The Kier molecular flexibility index (Phi) is 6.67. The molecule has 0 saturated carbocycles. The SMILES string of the molecule is C=C(C)COP(=O)(C=CC#N)OCC(=C)C. The van der Waals surface area contributed by atoms with Gasteiger partial charge in [-0.05, 0) is 13.8 Å². The molecule has 0 bridgehead atoms. The first kappa shape index (κ1) is 14.9. The third-order valence-electron chi connectivity index (χ3n) is 1.31. The van der Waals surface area contributed by atoms with Gasteiger partial charge in [0.2, 0.25) is 0 Å². The van der Waals surface area contributed by atoms with Crippen LogP contribution < -0.4 is 0 Å². The summed E-state index contributed by atoms with van der Waals surface area (Å²) in [5, 5.41) is 8.38. The molecule has 0 radical (unpaired) electrons. The summed E-state index contributed by atoms with van der Waals surface area (Å²) in [5.74, 6) is 1.14. The number of hydrogen-bond acceptors (Lipinski definition) is 4. The Morgan fingerprint density at radius 1 is 1.31 bits per heavy atom. The maximum absolute atomic E-state index is 12.0. The van der Waals surface area contributed by atoms with E-state index in [0.29, 0.717) is 0 Å². The van der Waals surface area contributed by atoms with Crippen molar-refractivity contribution in [1.29, 1.82) is 5.26 Å². The van der Waals surface area contributed by atoms with E-state index < -0.39 is 7.60 Å². The maximum Gasteiger partial charge on any atom is 0.355 e. The van der Waals surface area contributed by atoms with Crippen LogP contribution in [0.4, 0.5) is 0 Å². The molecule has 0 amide bonds. The van der Waals surface area contributed by atoms with E-state index >= 15 is 0 Å². The third kappa shape index (κ3) is 7.19. The van der Waals surface area contributed by atoms with E-state index in [1.807, 2.05) is 0 Å². The lowest BCUT2D eigenvalue weighted by molar-refractivity contribution is 0.238. The highest BCUT2D eigenvalue weighted by Crippen LogP contribution is 2.50. The van der Waals surface area contributed by atoms with Gasteiger partial charge in [-0.2, -0.15) is 5.26 Å². The molecule has 4 nitrogen and oxygen atoms in total. The fourth-order valence-corrected chi connectivity index (χ4v) is 1.94. The van der Waals surface area contributed by atoms with Crippen LogP contribution in [0, 0.1) is 11.3 Å². The van der Waals surface area contributed by atoms with Crippen LogP contribution in [-0.2, 0) is 13.6 Å². The topological polar surface area (TPSA) is 59.3 Å². The molecular weight excluding hydrogens is 225 g/mol. The average molecular weight is 241 g/mol. The first-order chi connectivity index (χ1) is 7.39. The Balaban J connectivity index is 4.55. The van der Waals surface area contributed by atoms with Crippen molar-refractivity contribution in [3.05, 3.63) is 36.2 Å². The minimum absolute atomic E-state index is 0.128. The van der Waals surface area contributed by atoms with E-state index in [1.54, 1.807) is 19.9 Å². The number of rotatable bonds is 7. The molecule has 0 spiro atoms. The number of nitrogens with zero attached hydrogens (tertiary/aromatic N) is 1. The van der Waals surface area contributed by atoms with Gasteiger partial charge in [-0.3, -0.25) is 4.57 Å². The Morgan fingerprint density at radius 2 is 1.75 bits per heavy atom. The van der Waals surface area contributed by atoms with Gasteiger partial charge in [-0.15, -0.1) is 0 Å². The molecule has 0 N–H and O–H groups in total. The van der Waals surface area contributed by atoms with Gasteiger partial charge < -0.3 is 9.05 Å². The Hall–Kier alpha value is -1.14.